The Bertz CT molecular complexity index is 931. The molecule has 26 heavy (non-hydrogen) atoms. The second-order valence-electron chi connectivity index (χ2n) is 6.85. The third-order valence-corrected chi connectivity index (χ3v) is 5.68. The van der Waals surface area contributed by atoms with E-state index < -0.39 is 0 Å². The quantitative estimate of drug-likeness (QED) is 0.583. The zero-order valence-corrected chi connectivity index (χ0v) is 16.8. The average Bonchev–Trinajstić information content (AvgIpc) is 3.30. The number of ether oxygens (including phenoxy) is 1. The van der Waals surface area contributed by atoms with Gasteiger partial charge in [-0.3, -0.25) is 4.98 Å². The second kappa shape index (κ2) is 7.45. The molecule has 0 saturated heterocycles. The fourth-order valence-corrected chi connectivity index (χ4v) is 4.45. The maximum atomic E-state index is 5.60. The molecule has 1 aliphatic rings. The van der Waals surface area contributed by atoms with Crippen LogP contribution in [-0.2, 0) is 17.9 Å². The second-order valence-corrected chi connectivity index (χ2v) is 7.77. The summed E-state index contributed by atoms with van der Waals surface area (Å²) in [5.74, 6) is 0.503. The van der Waals surface area contributed by atoms with Crippen LogP contribution in [0.1, 0.15) is 49.8 Å². The molecule has 1 aliphatic carbocycles. The molecule has 0 unspecified atom stereocenters. The van der Waals surface area contributed by atoms with Crippen molar-refractivity contribution in [3.05, 3.63) is 40.4 Å². The van der Waals surface area contributed by atoms with E-state index in [-0.39, 0.29) is 0 Å². The minimum Gasteiger partial charge on any atom is -0.380 e. The van der Waals surface area contributed by atoms with E-state index in [2.05, 4.69) is 39.0 Å². The van der Waals surface area contributed by atoms with Gasteiger partial charge in [-0.05, 0) is 41.8 Å². The molecule has 0 bridgehead atoms. The zero-order valence-electron chi connectivity index (χ0n) is 15.2. The normalized spacial score (nSPS) is 15.2. The van der Waals surface area contributed by atoms with Crippen LogP contribution in [0.5, 0.6) is 0 Å². The molecule has 0 aromatic carbocycles. The Morgan fingerprint density at radius 1 is 1.23 bits per heavy atom. The van der Waals surface area contributed by atoms with Crippen molar-refractivity contribution in [1.29, 1.82) is 0 Å². The van der Waals surface area contributed by atoms with E-state index in [4.69, 9.17) is 9.72 Å². The highest BCUT2D eigenvalue weighted by atomic mass is 79.9. The molecule has 0 spiro atoms. The van der Waals surface area contributed by atoms with Crippen molar-refractivity contribution < 1.29 is 4.74 Å². The summed E-state index contributed by atoms with van der Waals surface area (Å²) < 4.78 is 8.55. The summed E-state index contributed by atoms with van der Waals surface area (Å²) in [7, 11) is 1.75. The molecule has 1 saturated carbocycles. The van der Waals surface area contributed by atoms with Gasteiger partial charge in [0.05, 0.1) is 18.5 Å². The third kappa shape index (κ3) is 3.05. The van der Waals surface area contributed by atoms with Gasteiger partial charge in [-0.15, -0.1) is 0 Å². The first kappa shape index (κ1) is 17.6. The van der Waals surface area contributed by atoms with E-state index in [1.54, 1.807) is 7.11 Å². The summed E-state index contributed by atoms with van der Waals surface area (Å²) >= 11 is 3.56. The molecule has 1 fully saturated rings. The van der Waals surface area contributed by atoms with Crippen LogP contribution in [0.2, 0.25) is 0 Å². The van der Waals surface area contributed by atoms with Crippen molar-refractivity contribution in [3.63, 3.8) is 0 Å². The number of pyridine rings is 2. The number of nitrogens with zero attached hydrogens (tertiary/aromatic N) is 4. The lowest BCUT2D eigenvalue weighted by Crippen LogP contribution is -2.09. The Labute approximate surface area is 161 Å². The molecular formula is C20H23BrN4O. The van der Waals surface area contributed by atoms with Gasteiger partial charge in [0.25, 0.3) is 0 Å². The Morgan fingerprint density at radius 3 is 2.73 bits per heavy atom. The van der Waals surface area contributed by atoms with Crippen molar-refractivity contribution >= 4 is 27.0 Å². The first-order valence-electron chi connectivity index (χ1n) is 9.21. The van der Waals surface area contributed by atoms with Gasteiger partial charge in [0.1, 0.15) is 0 Å². The third-order valence-electron chi connectivity index (χ3n) is 5.24. The van der Waals surface area contributed by atoms with Crippen LogP contribution in [0.25, 0.3) is 22.2 Å². The molecule has 3 aromatic rings. The lowest BCUT2D eigenvalue weighted by Gasteiger charge is -2.19. The molecule has 0 radical (unpaired) electrons. The molecule has 3 heterocycles. The smallest absolute Gasteiger partial charge is 0.158 e. The van der Waals surface area contributed by atoms with E-state index in [1.165, 1.54) is 36.9 Å². The molecule has 3 aromatic heterocycles. The Morgan fingerprint density at radius 2 is 2.04 bits per heavy atom. The Hall–Kier alpha value is -1.79. The molecule has 5 nitrogen and oxygen atoms in total. The summed E-state index contributed by atoms with van der Waals surface area (Å²) in [4.78, 5) is 9.49. The number of hydrogen-bond acceptors (Lipinski definition) is 4. The van der Waals surface area contributed by atoms with Crippen LogP contribution in [-0.4, -0.2) is 26.9 Å². The van der Waals surface area contributed by atoms with Crippen LogP contribution in [0, 0.1) is 0 Å². The van der Waals surface area contributed by atoms with E-state index in [9.17, 15) is 0 Å². The van der Waals surface area contributed by atoms with Crippen molar-refractivity contribution in [2.24, 2.45) is 0 Å². The maximum absolute atomic E-state index is 5.60. The molecule has 4 rings (SSSR count). The van der Waals surface area contributed by atoms with Crippen LogP contribution < -0.4 is 0 Å². The summed E-state index contributed by atoms with van der Waals surface area (Å²) in [6, 6.07) is 2.11. The van der Waals surface area contributed by atoms with Crippen molar-refractivity contribution in [2.45, 2.75) is 51.7 Å². The zero-order chi connectivity index (χ0) is 18.1. The number of methoxy groups -OCH3 is 1. The Balaban J connectivity index is 2.05. The number of fused-ring (bicyclic) bond motifs is 1. The SMILES string of the molecule is CCn1ncc2c(-c3cncc(Br)c3)c(COC)c(C3CCCC3)nc21. The molecule has 6 heteroatoms. The topological polar surface area (TPSA) is 52.8 Å². The van der Waals surface area contributed by atoms with Gasteiger partial charge >= 0.3 is 0 Å². The molecular weight excluding hydrogens is 392 g/mol. The predicted octanol–water partition coefficient (Wildman–Crippen LogP) is 5.08. The van der Waals surface area contributed by atoms with Gasteiger partial charge in [0, 0.05) is 58.5 Å². The van der Waals surface area contributed by atoms with Crippen molar-refractivity contribution in [2.75, 3.05) is 7.11 Å². The fraction of sp³-hybridized carbons (Fsp3) is 0.450. The first-order valence-corrected chi connectivity index (χ1v) is 10.00. The first-order chi connectivity index (χ1) is 12.7. The van der Waals surface area contributed by atoms with Gasteiger partial charge in [-0.1, -0.05) is 12.8 Å². The minimum atomic E-state index is 0.503. The standard InChI is InChI=1S/C20H23BrN4O/c1-3-25-20-16(11-23-25)18(14-8-15(21)10-22-9-14)17(12-26-2)19(24-20)13-6-4-5-7-13/h8-11,13H,3-7,12H2,1-2H3. The number of aromatic nitrogens is 4. The predicted molar refractivity (Wildman–Crippen MR) is 106 cm³/mol. The lowest BCUT2D eigenvalue weighted by atomic mass is 9.91. The van der Waals surface area contributed by atoms with Crippen LogP contribution >= 0.6 is 15.9 Å². The van der Waals surface area contributed by atoms with Gasteiger partial charge in [-0.2, -0.15) is 5.10 Å². The molecule has 0 atom stereocenters. The van der Waals surface area contributed by atoms with E-state index in [0.29, 0.717) is 12.5 Å². The van der Waals surface area contributed by atoms with Gasteiger partial charge in [-0.25, -0.2) is 9.67 Å². The van der Waals surface area contributed by atoms with E-state index in [1.807, 2.05) is 23.3 Å². The number of aryl methyl sites for hydroxylation is 1. The van der Waals surface area contributed by atoms with E-state index in [0.717, 1.165) is 33.2 Å². The minimum absolute atomic E-state index is 0.503. The highest BCUT2D eigenvalue weighted by molar-refractivity contribution is 9.10. The van der Waals surface area contributed by atoms with Gasteiger partial charge < -0.3 is 4.74 Å². The number of hydrogen-bond donors (Lipinski definition) is 0. The average molecular weight is 415 g/mol. The summed E-state index contributed by atoms with van der Waals surface area (Å²) in [5.41, 5.74) is 5.56. The highest BCUT2D eigenvalue weighted by Crippen LogP contribution is 2.41. The van der Waals surface area contributed by atoms with Crippen LogP contribution in [0.15, 0.2) is 29.1 Å². The summed E-state index contributed by atoms with van der Waals surface area (Å²) in [6.07, 6.45) is 10.6. The molecule has 0 aliphatic heterocycles. The monoisotopic (exact) mass is 414 g/mol. The summed E-state index contributed by atoms with van der Waals surface area (Å²) in [5, 5.41) is 5.64. The molecule has 136 valence electrons. The van der Waals surface area contributed by atoms with Crippen LogP contribution in [0.3, 0.4) is 0 Å². The van der Waals surface area contributed by atoms with Crippen molar-refractivity contribution in [3.8, 4) is 11.1 Å². The highest BCUT2D eigenvalue weighted by Gasteiger charge is 2.26. The maximum Gasteiger partial charge on any atom is 0.158 e. The van der Waals surface area contributed by atoms with Crippen molar-refractivity contribution in [1.82, 2.24) is 19.7 Å². The fourth-order valence-electron chi connectivity index (χ4n) is 4.08. The number of rotatable bonds is 5. The van der Waals surface area contributed by atoms with Crippen LogP contribution in [0.4, 0.5) is 0 Å². The van der Waals surface area contributed by atoms with E-state index >= 15 is 0 Å². The van der Waals surface area contributed by atoms with Gasteiger partial charge in [0.2, 0.25) is 0 Å². The molecule has 0 N–H and O–H groups in total. The van der Waals surface area contributed by atoms with Gasteiger partial charge in [0.15, 0.2) is 5.65 Å². The molecule has 0 amide bonds. The lowest BCUT2D eigenvalue weighted by molar-refractivity contribution is 0.184. The summed E-state index contributed by atoms with van der Waals surface area (Å²) in [6.45, 7) is 3.46. The Kier molecular flexibility index (Phi) is 5.05. The largest absolute Gasteiger partial charge is 0.380 e. The number of halogens is 1.